The molecule has 5 nitrogen and oxygen atoms in total. The SMILES string of the molecule is Cc1nnc(Nc2ccc(F)cc2)[nH]c1=O. The van der Waals surface area contributed by atoms with Gasteiger partial charge in [-0.25, -0.2) is 4.39 Å². The first-order valence-electron chi connectivity index (χ1n) is 4.61. The average Bonchev–Trinajstić information content (AvgIpc) is 2.27. The maximum atomic E-state index is 12.6. The van der Waals surface area contributed by atoms with E-state index in [1.165, 1.54) is 24.3 Å². The number of H-pyrrole nitrogens is 1. The predicted octanol–water partition coefficient (Wildman–Crippen LogP) is 1.36. The van der Waals surface area contributed by atoms with Gasteiger partial charge in [0.1, 0.15) is 11.5 Å². The van der Waals surface area contributed by atoms with Gasteiger partial charge in [-0.15, -0.1) is 10.2 Å². The van der Waals surface area contributed by atoms with Crippen molar-refractivity contribution in [3.63, 3.8) is 0 Å². The third-order valence-electron chi connectivity index (χ3n) is 1.97. The number of nitrogens with zero attached hydrogens (tertiary/aromatic N) is 2. The Morgan fingerprint density at radius 2 is 1.94 bits per heavy atom. The minimum absolute atomic E-state index is 0.224. The lowest BCUT2D eigenvalue weighted by Gasteiger charge is -2.03. The summed E-state index contributed by atoms with van der Waals surface area (Å²) in [5, 5.41) is 10.2. The molecule has 0 unspecified atom stereocenters. The number of aromatic amines is 1. The summed E-state index contributed by atoms with van der Waals surface area (Å²) in [6.07, 6.45) is 0. The number of anilines is 2. The maximum Gasteiger partial charge on any atom is 0.273 e. The number of benzene rings is 1. The Morgan fingerprint density at radius 3 is 2.56 bits per heavy atom. The van der Waals surface area contributed by atoms with Gasteiger partial charge >= 0.3 is 0 Å². The van der Waals surface area contributed by atoms with Gasteiger partial charge in [0.15, 0.2) is 0 Å². The number of aryl methyl sites for hydroxylation is 1. The molecule has 1 heterocycles. The van der Waals surface area contributed by atoms with Crippen LogP contribution in [0.15, 0.2) is 29.1 Å². The molecule has 0 atom stereocenters. The van der Waals surface area contributed by atoms with Crippen LogP contribution in [0, 0.1) is 12.7 Å². The van der Waals surface area contributed by atoms with Gasteiger partial charge in [0, 0.05) is 5.69 Å². The number of rotatable bonds is 2. The molecule has 0 spiro atoms. The normalized spacial score (nSPS) is 10.1. The van der Waals surface area contributed by atoms with Crippen molar-refractivity contribution < 1.29 is 4.39 Å². The third kappa shape index (κ3) is 2.22. The summed E-state index contributed by atoms with van der Waals surface area (Å²) in [6, 6.07) is 5.69. The molecule has 0 saturated heterocycles. The minimum atomic E-state index is -0.325. The van der Waals surface area contributed by atoms with Crippen LogP contribution in [0.5, 0.6) is 0 Å². The summed E-state index contributed by atoms with van der Waals surface area (Å²) in [6.45, 7) is 1.56. The summed E-state index contributed by atoms with van der Waals surface area (Å²) < 4.78 is 12.6. The molecular formula is C10H9FN4O. The van der Waals surface area contributed by atoms with Crippen LogP contribution in [0.4, 0.5) is 16.0 Å². The fourth-order valence-corrected chi connectivity index (χ4v) is 1.12. The Bertz CT molecular complexity index is 549. The Hall–Kier alpha value is -2.24. The fourth-order valence-electron chi connectivity index (χ4n) is 1.12. The van der Waals surface area contributed by atoms with Crippen LogP contribution >= 0.6 is 0 Å². The van der Waals surface area contributed by atoms with E-state index in [9.17, 15) is 9.18 Å². The Morgan fingerprint density at radius 1 is 1.25 bits per heavy atom. The van der Waals surface area contributed by atoms with Crippen molar-refractivity contribution in [1.29, 1.82) is 0 Å². The van der Waals surface area contributed by atoms with E-state index in [2.05, 4.69) is 20.5 Å². The molecule has 0 aliphatic heterocycles. The topological polar surface area (TPSA) is 70.7 Å². The zero-order valence-electron chi connectivity index (χ0n) is 8.49. The van der Waals surface area contributed by atoms with Crippen molar-refractivity contribution in [2.24, 2.45) is 0 Å². The zero-order valence-corrected chi connectivity index (χ0v) is 8.49. The Balaban J connectivity index is 2.24. The second-order valence-electron chi connectivity index (χ2n) is 3.22. The number of hydrogen-bond donors (Lipinski definition) is 2. The van der Waals surface area contributed by atoms with Crippen molar-refractivity contribution in [1.82, 2.24) is 15.2 Å². The second kappa shape index (κ2) is 4.09. The smallest absolute Gasteiger partial charge is 0.273 e. The number of hydrogen-bond acceptors (Lipinski definition) is 4. The highest BCUT2D eigenvalue weighted by atomic mass is 19.1. The lowest BCUT2D eigenvalue weighted by molar-refractivity contribution is 0.628. The van der Waals surface area contributed by atoms with Crippen molar-refractivity contribution in [2.75, 3.05) is 5.32 Å². The highest BCUT2D eigenvalue weighted by molar-refractivity contribution is 5.52. The van der Waals surface area contributed by atoms with Gasteiger partial charge in [-0.3, -0.25) is 9.78 Å². The highest BCUT2D eigenvalue weighted by Gasteiger charge is 2.00. The molecule has 2 N–H and O–H groups in total. The molecule has 0 aliphatic carbocycles. The number of nitrogens with one attached hydrogen (secondary N) is 2. The molecule has 6 heteroatoms. The van der Waals surface area contributed by atoms with Crippen LogP contribution in [-0.2, 0) is 0 Å². The molecule has 0 amide bonds. The van der Waals surface area contributed by atoms with Gasteiger partial charge in [-0.2, -0.15) is 0 Å². The monoisotopic (exact) mass is 220 g/mol. The Labute approximate surface area is 90.4 Å². The van der Waals surface area contributed by atoms with Gasteiger partial charge < -0.3 is 5.32 Å². The highest BCUT2D eigenvalue weighted by Crippen LogP contribution is 2.11. The maximum absolute atomic E-state index is 12.6. The largest absolute Gasteiger partial charge is 0.324 e. The van der Waals surface area contributed by atoms with Gasteiger partial charge in [0.25, 0.3) is 5.56 Å². The summed E-state index contributed by atoms with van der Waals surface area (Å²) >= 11 is 0. The minimum Gasteiger partial charge on any atom is -0.324 e. The van der Waals surface area contributed by atoms with Crippen LogP contribution in [0.3, 0.4) is 0 Å². The van der Waals surface area contributed by atoms with Crippen LogP contribution in [0.2, 0.25) is 0 Å². The van der Waals surface area contributed by atoms with Crippen molar-refractivity contribution in [3.05, 3.63) is 46.1 Å². The van der Waals surface area contributed by atoms with Crippen molar-refractivity contribution >= 4 is 11.6 Å². The zero-order chi connectivity index (χ0) is 11.5. The summed E-state index contributed by atoms with van der Waals surface area (Å²) in [5.74, 6) is -0.101. The first-order valence-corrected chi connectivity index (χ1v) is 4.61. The Kier molecular flexibility index (Phi) is 2.63. The van der Waals surface area contributed by atoms with E-state index in [1.54, 1.807) is 6.92 Å². The predicted molar refractivity (Wildman–Crippen MR) is 57.1 cm³/mol. The fraction of sp³-hybridized carbons (Fsp3) is 0.100. The van der Waals surface area contributed by atoms with Gasteiger partial charge in [0.2, 0.25) is 5.95 Å². The number of aromatic nitrogens is 3. The van der Waals surface area contributed by atoms with E-state index in [-0.39, 0.29) is 17.3 Å². The molecule has 0 saturated carbocycles. The van der Waals surface area contributed by atoms with E-state index in [1.807, 2.05) is 0 Å². The lowest BCUT2D eigenvalue weighted by atomic mass is 10.3. The summed E-state index contributed by atoms with van der Waals surface area (Å²) in [4.78, 5) is 13.7. The van der Waals surface area contributed by atoms with Crippen LogP contribution in [0.1, 0.15) is 5.69 Å². The standard InChI is InChI=1S/C10H9FN4O/c1-6-9(16)13-10(15-14-6)12-8-4-2-7(11)3-5-8/h2-5H,1H3,(H2,12,13,15,16). The van der Waals surface area contributed by atoms with Crippen molar-refractivity contribution in [3.8, 4) is 0 Å². The quantitative estimate of drug-likeness (QED) is 0.801. The molecule has 2 aromatic rings. The summed E-state index contributed by atoms with van der Waals surface area (Å²) in [5.41, 5.74) is 0.611. The first kappa shape index (κ1) is 10.3. The van der Waals surface area contributed by atoms with Gasteiger partial charge in [-0.05, 0) is 31.2 Å². The molecule has 82 valence electrons. The molecule has 0 radical (unpaired) electrons. The van der Waals surface area contributed by atoms with E-state index in [0.29, 0.717) is 11.4 Å². The molecule has 0 aliphatic rings. The van der Waals surface area contributed by atoms with Crippen LogP contribution in [-0.4, -0.2) is 15.2 Å². The molecular weight excluding hydrogens is 211 g/mol. The second-order valence-corrected chi connectivity index (χ2v) is 3.22. The number of halogens is 1. The van der Waals surface area contributed by atoms with Crippen LogP contribution < -0.4 is 10.9 Å². The van der Waals surface area contributed by atoms with Gasteiger partial charge in [0.05, 0.1) is 0 Å². The first-order chi connectivity index (χ1) is 7.65. The molecule has 16 heavy (non-hydrogen) atoms. The van der Waals surface area contributed by atoms with E-state index in [0.717, 1.165) is 0 Å². The van der Waals surface area contributed by atoms with Crippen LogP contribution in [0.25, 0.3) is 0 Å². The molecule has 0 fully saturated rings. The lowest BCUT2D eigenvalue weighted by Crippen LogP contribution is -2.15. The summed E-state index contributed by atoms with van der Waals surface area (Å²) in [7, 11) is 0. The molecule has 1 aromatic carbocycles. The van der Waals surface area contributed by atoms with E-state index < -0.39 is 0 Å². The average molecular weight is 220 g/mol. The van der Waals surface area contributed by atoms with Crippen molar-refractivity contribution in [2.45, 2.75) is 6.92 Å². The molecule has 1 aromatic heterocycles. The van der Waals surface area contributed by atoms with E-state index in [4.69, 9.17) is 0 Å². The van der Waals surface area contributed by atoms with E-state index >= 15 is 0 Å². The molecule has 2 rings (SSSR count). The third-order valence-corrected chi connectivity index (χ3v) is 1.97. The molecule has 0 bridgehead atoms. The van der Waals surface area contributed by atoms with Gasteiger partial charge in [-0.1, -0.05) is 0 Å².